The quantitative estimate of drug-likeness (QED) is 0.601. The first-order valence-electron chi connectivity index (χ1n) is 7.30. The molecule has 1 heterocycles. The maximum atomic E-state index is 12.4. The van der Waals surface area contributed by atoms with E-state index in [1.165, 1.54) is 0 Å². The molecule has 2 rings (SSSR count). The lowest BCUT2D eigenvalue weighted by atomic mass is 9.94. The summed E-state index contributed by atoms with van der Waals surface area (Å²) >= 11 is 8.71. The van der Waals surface area contributed by atoms with Crippen LogP contribution in [0.5, 0.6) is 0 Å². The third-order valence-corrected chi connectivity index (χ3v) is 4.10. The Kier molecular flexibility index (Phi) is 5.97. The molecule has 1 aliphatic heterocycles. The number of thiocarbonyl (C=S) groups is 1. The van der Waals surface area contributed by atoms with Crippen molar-refractivity contribution in [3.8, 4) is 0 Å². The van der Waals surface area contributed by atoms with E-state index >= 15 is 0 Å². The van der Waals surface area contributed by atoms with E-state index in [9.17, 15) is 4.79 Å². The molecule has 1 aromatic rings. The van der Waals surface area contributed by atoms with Crippen LogP contribution in [0.2, 0.25) is 0 Å². The molecule has 0 fully saturated rings. The minimum atomic E-state index is -0.304. The number of rotatable bonds is 5. The molecule has 118 valence electrons. The van der Waals surface area contributed by atoms with Gasteiger partial charge in [0.25, 0.3) is 0 Å². The molecule has 1 atom stereocenters. The van der Waals surface area contributed by atoms with Gasteiger partial charge in [-0.05, 0) is 43.3 Å². The van der Waals surface area contributed by atoms with E-state index in [0.717, 1.165) is 28.6 Å². The van der Waals surface area contributed by atoms with E-state index in [0.29, 0.717) is 17.3 Å². The average molecular weight is 383 g/mol. The molecule has 0 aliphatic carbocycles. The summed E-state index contributed by atoms with van der Waals surface area (Å²) < 4.78 is 6.23. The van der Waals surface area contributed by atoms with E-state index in [1.807, 2.05) is 24.3 Å². The molecule has 1 aromatic carbocycles. The molecule has 0 saturated carbocycles. The topological polar surface area (TPSA) is 50.4 Å². The van der Waals surface area contributed by atoms with Gasteiger partial charge in [0.05, 0.1) is 18.2 Å². The summed E-state index contributed by atoms with van der Waals surface area (Å²) in [5.41, 5.74) is 2.43. The Bertz CT molecular complexity index is 599. The van der Waals surface area contributed by atoms with Crippen molar-refractivity contribution in [1.29, 1.82) is 0 Å². The Morgan fingerprint density at radius 3 is 2.59 bits per heavy atom. The number of carbonyl (C=O) groups is 1. The molecule has 0 aromatic heterocycles. The Labute approximate surface area is 144 Å². The fourth-order valence-electron chi connectivity index (χ4n) is 2.42. The van der Waals surface area contributed by atoms with Gasteiger partial charge in [0.2, 0.25) is 0 Å². The summed E-state index contributed by atoms with van der Waals surface area (Å²) in [5, 5.41) is 6.82. The molecule has 4 nitrogen and oxygen atoms in total. The zero-order valence-electron chi connectivity index (χ0n) is 12.6. The predicted octanol–water partition coefficient (Wildman–Crippen LogP) is 3.59. The van der Waals surface area contributed by atoms with Gasteiger partial charge in [0, 0.05) is 10.2 Å². The summed E-state index contributed by atoms with van der Waals surface area (Å²) in [5.74, 6) is -0.304. The molecule has 2 N–H and O–H groups in total. The summed E-state index contributed by atoms with van der Waals surface area (Å²) in [4.78, 5) is 12.4. The van der Waals surface area contributed by atoms with Crippen LogP contribution in [0.15, 0.2) is 40.0 Å². The van der Waals surface area contributed by atoms with Gasteiger partial charge in [-0.25, -0.2) is 4.79 Å². The number of allylic oxidation sites excluding steroid dienone is 1. The first kappa shape index (κ1) is 17.0. The highest BCUT2D eigenvalue weighted by molar-refractivity contribution is 9.10. The van der Waals surface area contributed by atoms with Gasteiger partial charge < -0.3 is 15.4 Å². The summed E-state index contributed by atoms with van der Waals surface area (Å²) in [7, 11) is 0. The van der Waals surface area contributed by atoms with Crippen LogP contribution in [0.4, 0.5) is 0 Å². The molecule has 22 heavy (non-hydrogen) atoms. The average Bonchev–Trinajstić information content (AvgIpc) is 2.48. The highest BCUT2D eigenvalue weighted by Gasteiger charge is 2.31. The Hall–Kier alpha value is -1.40. The molecule has 1 aliphatic rings. The SMILES string of the molecule is CCCC1=C(C(=O)OCC)[C@H](c2ccc(Br)cc2)NC(=S)N1. The standard InChI is InChI=1S/C16H19BrN2O2S/c1-3-5-12-13(15(20)21-4-2)14(19-16(22)18-12)10-6-8-11(17)9-7-10/h6-9,14H,3-5H2,1-2H3,(H2,18,19,22)/t14-/m0/s1. The van der Waals surface area contributed by atoms with Crippen LogP contribution in [0.25, 0.3) is 0 Å². The lowest BCUT2D eigenvalue weighted by molar-refractivity contribution is -0.139. The molecule has 0 radical (unpaired) electrons. The van der Waals surface area contributed by atoms with Crippen LogP contribution in [0.3, 0.4) is 0 Å². The van der Waals surface area contributed by atoms with E-state index in [-0.39, 0.29) is 12.0 Å². The minimum absolute atomic E-state index is 0.289. The van der Waals surface area contributed by atoms with Gasteiger partial charge >= 0.3 is 5.97 Å². The van der Waals surface area contributed by atoms with Gasteiger partial charge in [-0.3, -0.25) is 0 Å². The summed E-state index contributed by atoms with van der Waals surface area (Å²) in [6, 6.07) is 7.55. The first-order valence-corrected chi connectivity index (χ1v) is 8.50. The van der Waals surface area contributed by atoms with Crippen molar-refractivity contribution >= 4 is 39.2 Å². The van der Waals surface area contributed by atoms with Gasteiger partial charge in [0.1, 0.15) is 0 Å². The van der Waals surface area contributed by atoms with Crippen molar-refractivity contribution < 1.29 is 9.53 Å². The smallest absolute Gasteiger partial charge is 0.338 e. The van der Waals surface area contributed by atoms with E-state index < -0.39 is 0 Å². The maximum absolute atomic E-state index is 12.4. The molecule has 0 amide bonds. The van der Waals surface area contributed by atoms with Gasteiger partial charge in [-0.15, -0.1) is 0 Å². The Balaban J connectivity index is 2.47. The summed E-state index contributed by atoms with van der Waals surface area (Å²) in [6.07, 6.45) is 1.67. The van der Waals surface area contributed by atoms with Crippen LogP contribution in [0.1, 0.15) is 38.3 Å². The van der Waals surface area contributed by atoms with E-state index in [2.05, 4.69) is 33.5 Å². The van der Waals surface area contributed by atoms with Crippen LogP contribution in [0, 0.1) is 0 Å². The molecule has 0 saturated heterocycles. The maximum Gasteiger partial charge on any atom is 0.338 e. The van der Waals surface area contributed by atoms with Crippen LogP contribution < -0.4 is 10.6 Å². The highest BCUT2D eigenvalue weighted by atomic mass is 79.9. The number of esters is 1. The van der Waals surface area contributed by atoms with Crippen molar-refractivity contribution in [1.82, 2.24) is 10.6 Å². The molecular formula is C16H19BrN2O2S. The monoisotopic (exact) mass is 382 g/mol. The molecular weight excluding hydrogens is 364 g/mol. The van der Waals surface area contributed by atoms with Gasteiger partial charge in [-0.1, -0.05) is 41.4 Å². The van der Waals surface area contributed by atoms with Crippen LogP contribution >= 0.6 is 28.1 Å². The zero-order chi connectivity index (χ0) is 16.1. The number of carbonyl (C=O) groups excluding carboxylic acids is 1. The zero-order valence-corrected chi connectivity index (χ0v) is 15.0. The van der Waals surface area contributed by atoms with E-state index in [1.54, 1.807) is 6.92 Å². The summed E-state index contributed by atoms with van der Waals surface area (Å²) in [6.45, 7) is 4.22. The molecule has 0 unspecified atom stereocenters. The molecule has 0 spiro atoms. The van der Waals surface area contributed by atoms with Crippen molar-refractivity contribution in [3.63, 3.8) is 0 Å². The number of hydrogen-bond donors (Lipinski definition) is 2. The van der Waals surface area contributed by atoms with Crippen molar-refractivity contribution in [2.75, 3.05) is 6.61 Å². The number of hydrogen-bond acceptors (Lipinski definition) is 3. The first-order chi connectivity index (χ1) is 10.6. The number of ether oxygens (including phenoxy) is 1. The molecule has 6 heteroatoms. The van der Waals surface area contributed by atoms with Gasteiger partial charge in [0.15, 0.2) is 5.11 Å². The minimum Gasteiger partial charge on any atom is -0.463 e. The van der Waals surface area contributed by atoms with Gasteiger partial charge in [-0.2, -0.15) is 0 Å². The highest BCUT2D eigenvalue weighted by Crippen LogP contribution is 2.30. The third kappa shape index (κ3) is 3.87. The number of halogens is 1. The van der Waals surface area contributed by atoms with E-state index in [4.69, 9.17) is 17.0 Å². The Morgan fingerprint density at radius 2 is 2.00 bits per heavy atom. The second-order valence-electron chi connectivity index (χ2n) is 4.95. The van der Waals surface area contributed by atoms with Crippen molar-refractivity contribution in [2.24, 2.45) is 0 Å². The lowest BCUT2D eigenvalue weighted by Gasteiger charge is -2.31. The van der Waals surface area contributed by atoms with Crippen LogP contribution in [-0.2, 0) is 9.53 Å². The van der Waals surface area contributed by atoms with Crippen molar-refractivity contribution in [2.45, 2.75) is 32.7 Å². The number of nitrogens with one attached hydrogen (secondary N) is 2. The Morgan fingerprint density at radius 1 is 1.32 bits per heavy atom. The fourth-order valence-corrected chi connectivity index (χ4v) is 2.93. The fraction of sp³-hybridized carbons (Fsp3) is 0.375. The predicted molar refractivity (Wildman–Crippen MR) is 94.3 cm³/mol. The third-order valence-electron chi connectivity index (χ3n) is 3.35. The second-order valence-corrected chi connectivity index (χ2v) is 6.27. The normalized spacial score (nSPS) is 17.8. The number of benzene rings is 1. The lowest BCUT2D eigenvalue weighted by Crippen LogP contribution is -2.45. The largest absolute Gasteiger partial charge is 0.463 e. The van der Waals surface area contributed by atoms with Crippen LogP contribution in [-0.4, -0.2) is 17.7 Å². The molecule has 0 bridgehead atoms. The second kappa shape index (κ2) is 7.74. The van der Waals surface area contributed by atoms with Crippen molar-refractivity contribution in [3.05, 3.63) is 45.6 Å².